The molecule has 0 spiro atoms. The predicted octanol–water partition coefficient (Wildman–Crippen LogP) is 4.43. The van der Waals surface area contributed by atoms with E-state index in [-0.39, 0.29) is 22.9 Å². The number of rotatable bonds is 8. The number of aryl methyl sites for hydroxylation is 1. The standard InChI is InChI=1S/C23H21ClN2O4S2/c1-16-2-8-19(9-3-16)30-13-12-25-32(28,29)20-10-11-21-22(14-20)31-23(27)26(21)15-17-4-6-18(24)7-5-17/h2-11,14,25H,12-13,15H2,1H3. The molecule has 0 radical (unpaired) electrons. The lowest BCUT2D eigenvalue weighted by atomic mass is 10.2. The molecule has 0 bridgehead atoms. The molecule has 0 saturated heterocycles. The van der Waals surface area contributed by atoms with Crippen LogP contribution in [0.1, 0.15) is 11.1 Å². The third-order valence-electron chi connectivity index (χ3n) is 4.89. The molecule has 0 amide bonds. The fraction of sp³-hybridized carbons (Fsp3) is 0.174. The lowest BCUT2D eigenvalue weighted by molar-refractivity contribution is 0.323. The number of halogens is 1. The Bertz CT molecular complexity index is 1390. The van der Waals surface area contributed by atoms with Crippen molar-refractivity contribution in [2.24, 2.45) is 0 Å². The molecule has 3 aromatic carbocycles. The number of hydrogen-bond acceptors (Lipinski definition) is 5. The maximum atomic E-state index is 12.7. The first-order valence-electron chi connectivity index (χ1n) is 9.89. The van der Waals surface area contributed by atoms with Crippen molar-refractivity contribution in [1.82, 2.24) is 9.29 Å². The van der Waals surface area contributed by atoms with Crippen molar-refractivity contribution in [3.8, 4) is 5.75 Å². The summed E-state index contributed by atoms with van der Waals surface area (Å²) in [6.45, 7) is 2.70. The lowest BCUT2D eigenvalue weighted by Gasteiger charge is -2.09. The van der Waals surface area contributed by atoms with Crippen molar-refractivity contribution >= 4 is 43.2 Å². The zero-order chi connectivity index (χ0) is 22.7. The molecule has 0 aliphatic carbocycles. The van der Waals surface area contributed by atoms with Gasteiger partial charge in [-0.25, -0.2) is 13.1 Å². The molecule has 1 heterocycles. The molecule has 0 saturated carbocycles. The van der Waals surface area contributed by atoms with E-state index in [1.165, 1.54) is 12.1 Å². The van der Waals surface area contributed by atoms with Gasteiger partial charge in [-0.2, -0.15) is 0 Å². The number of aromatic nitrogens is 1. The molecule has 32 heavy (non-hydrogen) atoms. The maximum Gasteiger partial charge on any atom is 0.308 e. The quantitative estimate of drug-likeness (QED) is 0.372. The van der Waals surface area contributed by atoms with Crippen LogP contribution >= 0.6 is 22.9 Å². The van der Waals surface area contributed by atoms with E-state index in [2.05, 4.69) is 4.72 Å². The molecule has 4 rings (SSSR count). The van der Waals surface area contributed by atoms with Gasteiger partial charge in [-0.1, -0.05) is 52.8 Å². The first-order valence-corrected chi connectivity index (χ1v) is 12.6. The smallest absolute Gasteiger partial charge is 0.308 e. The van der Waals surface area contributed by atoms with E-state index in [0.29, 0.717) is 27.5 Å². The third-order valence-corrected chi connectivity index (χ3v) is 7.54. The van der Waals surface area contributed by atoms with E-state index in [1.54, 1.807) is 22.8 Å². The summed E-state index contributed by atoms with van der Waals surface area (Å²) < 4.78 is 35.7. The van der Waals surface area contributed by atoms with Crippen molar-refractivity contribution in [2.75, 3.05) is 13.2 Å². The highest BCUT2D eigenvalue weighted by molar-refractivity contribution is 7.89. The first kappa shape index (κ1) is 22.5. The Kier molecular flexibility index (Phi) is 6.66. The molecule has 0 fully saturated rings. The highest BCUT2D eigenvalue weighted by atomic mass is 35.5. The van der Waals surface area contributed by atoms with E-state index in [4.69, 9.17) is 16.3 Å². The predicted molar refractivity (Wildman–Crippen MR) is 129 cm³/mol. The SMILES string of the molecule is Cc1ccc(OCCNS(=O)(=O)c2ccc3c(c2)sc(=O)n3Cc2ccc(Cl)cc2)cc1. The molecule has 9 heteroatoms. The van der Waals surface area contributed by atoms with Gasteiger partial charge in [-0.3, -0.25) is 9.36 Å². The Morgan fingerprint density at radius 2 is 1.75 bits per heavy atom. The van der Waals surface area contributed by atoms with E-state index in [9.17, 15) is 13.2 Å². The lowest BCUT2D eigenvalue weighted by Crippen LogP contribution is -2.28. The Hall–Kier alpha value is -2.65. The molecule has 0 unspecified atom stereocenters. The van der Waals surface area contributed by atoms with Gasteiger partial charge in [0.05, 0.1) is 21.7 Å². The van der Waals surface area contributed by atoms with E-state index < -0.39 is 10.0 Å². The largest absolute Gasteiger partial charge is 0.492 e. The summed E-state index contributed by atoms with van der Waals surface area (Å²) in [5.74, 6) is 0.683. The summed E-state index contributed by atoms with van der Waals surface area (Å²) in [6, 6.07) is 19.5. The fourth-order valence-electron chi connectivity index (χ4n) is 3.20. The van der Waals surface area contributed by atoms with Gasteiger partial charge in [0.1, 0.15) is 12.4 Å². The zero-order valence-electron chi connectivity index (χ0n) is 17.2. The minimum absolute atomic E-state index is 0.111. The normalized spacial score (nSPS) is 11.7. The van der Waals surface area contributed by atoms with E-state index in [0.717, 1.165) is 22.5 Å². The second-order valence-corrected chi connectivity index (χ2v) is 10.5. The van der Waals surface area contributed by atoms with Crippen LogP contribution in [0.4, 0.5) is 0 Å². The topological polar surface area (TPSA) is 77.4 Å². The van der Waals surface area contributed by atoms with Gasteiger partial charge in [0.2, 0.25) is 10.0 Å². The second kappa shape index (κ2) is 9.46. The molecule has 166 valence electrons. The Morgan fingerprint density at radius 1 is 1.03 bits per heavy atom. The summed E-state index contributed by atoms with van der Waals surface area (Å²) in [5.41, 5.74) is 2.75. The number of fused-ring (bicyclic) bond motifs is 1. The Labute approximate surface area is 195 Å². The van der Waals surface area contributed by atoms with Crippen molar-refractivity contribution in [3.63, 3.8) is 0 Å². The third kappa shape index (κ3) is 5.21. The molecule has 1 N–H and O–H groups in total. The van der Waals surface area contributed by atoms with E-state index >= 15 is 0 Å². The van der Waals surface area contributed by atoms with Crippen molar-refractivity contribution in [2.45, 2.75) is 18.4 Å². The van der Waals surface area contributed by atoms with Gasteiger partial charge in [0.25, 0.3) is 0 Å². The summed E-state index contributed by atoms with van der Waals surface area (Å²) >= 11 is 6.95. The minimum Gasteiger partial charge on any atom is -0.492 e. The van der Waals surface area contributed by atoms with Gasteiger partial charge < -0.3 is 4.74 Å². The monoisotopic (exact) mass is 488 g/mol. The number of thiazole rings is 1. The number of sulfonamides is 1. The Balaban J connectivity index is 1.46. The molecular weight excluding hydrogens is 468 g/mol. The van der Waals surface area contributed by atoms with E-state index in [1.807, 2.05) is 43.3 Å². The highest BCUT2D eigenvalue weighted by Crippen LogP contribution is 2.23. The van der Waals surface area contributed by atoms with Crippen LogP contribution in [0, 0.1) is 6.92 Å². The van der Waals surface area contributed by atoms with Crippen LogP contribution < -0.4 is 14.3 Å². The van der Waals surface area contributed by atoms with Crippen LogP contribution in [0.3, 0.4) is 0 Å². The van der Waals surface area contributed by atoms with Crippen molar-refractivity contribution in [3.05, 3.63) is 92.5 Å². The number of benzene rings is 3. The summed E-state index contributed by atoms with van der Waals surface area (Å²) in [6.07, 6.45) is 0. The van der Waals surface area contributed by atoms with Gasteiger partial charge >= 0.3 is 4.87 Å². The average molecular weight is 489 g/mol. The summed E-state index contributed by atoms with van der Waals surface area (Å²) in [4.78, 5) is 12.5. The van der Waals surface area contributed by atoms with Crippen LogP contribution in [-0.2, 0) is 16.6 Å². The summed E-state index contributed by atoms with van der Waals surface area (Å²) in [7, 11) is -3.73. The van der Waals surface area contributed by atoms with Crippen LogP contribution in [0.25, 0.3) is 10.2 Å². The van der Waals surface area contributed by atoms with Gasteiger partial charge in [-0.05, 0) is 55.0 Å². The van der Waals surface area contributed by atoms with Crippen LogP contribution in [0.5, 0.6) is 5.75 Å². The minimum atomic E-state index is -3.73. The number of hydrogen-bond donors (Lipinski definition) is 1. The summed E-state index contributed by atoms with van der Waals surface area (Å²) in [5, 5.41) is 0.628. The van der Waals surface area contributed by atoms with Crippen molar-refractivity contribution in [1.29, 1.82) is 0 Å². The van der Waals surface area contributed by atoms with Gasteiger partial charge in [0, 0.05) is 11.6 Å². The number of ether oxygens (including phenoxy) is 1. The molecule has 4 aromatic rings. The number of nitrogens with one attached hydrogen (secondary N) is 1. The average Bonchev–Trinajstić information content (AvgIpc) is 3.08. The molecule has 0 aliphatic rings. The molecule has 1 aromatic heterocycles. The first-order chi connectivity index (χ1) is 15.3. The Morgan fingerprint density at radius 3 is 2.47 bits per heavy atom. The van der Waals surface area contributed by atoms with Gasteiger partial charge in [-0.15, -0.1) is 0 Å². The molecule has 0 aliphatic heterocycles. The van der Waals surface area contributed by atoms with Crippen LogP contribution in [-0.4, -0.2) is 26.1 Å². The van der Waals surface area contributed by atoms with Crippen molar-refractivity contribution < 1.29 is 13.2 Å². The fourth-order valence-corrected chi connectivity index (χ4v) is 5.37. The molecule has 6 nitrogen and oxygen atoms in total. The van der Waals surface area contributed by atoms with Crippen LogP contribution in [0.2, 0.25) is 5.02 Å². The second-order valence-electron chi connectivity index (χ2n) is 7.27. The molecular formula is C23H21ClN2O4S2. The maximum absolute atomic E-state index is 12.7. The number of nitrogens with zero attached hydrogens (tertiary/aromatic N) is 1. The zero-order valence-corrected chi connectivity index (χ0v) is 19.6. The highest BCUT2D eigenvalue weighted by Gasteiger charge is 2.17. The molecule has 0 atom stereocenters. The van der Waals surface area contributed by atoms with Gasteiger partial charge in [0.15, 0.2) is 0 Å². The van der Waals surface area contributed by atoms with Crippen LogP contribution in [0.15, 0.2) is 76.4 Å².